The van der Waals surface area contributed by atoms with Crippen molar-refractivity contribution in [1.82, 2.24) is 4.98 Å². The first-order chi connectivity index (χ1) is 14.3. The number of fused-ring (bicyclic) bond motifs is 4. The van der Waals surface area contributed by atoms with Gasteiger partial charge in [0.05, 0.1) is 23.4 Å². The highest BCUT2D eigenvalue weighted by Gasteiger charge is 2.35. The lowest BCUT2D eigenvalue weighted by molar-refractivity contribution is 0.477. The summed E-state index contributed by atoms with van der Waals surface area (Å²) in [6.45, 7) is 0. The molecule has 0 atom stereocenters. The zero-order chi connectivity index (χ0) is 20.0. The van der Waals surface area contributed by atoms with Gasteiger partial charge in [0.25, 0.3) is 0 Å². The molecule has 3 aromatic rings. The van der Waals surface area contributed by atoms with E-state index in [1.165, 1.54) is 12.2 Å². The van der Waals surface area contributed by atoms with Crippen LogP contribution in [0, 0.1) is 22.7 Å². The molecule has 0 aliphatic heterocycles. The van der Waals surface area contributed by atoms with Crippen LogP contribution in [0.3, 0.4) is 0 Å². The molecule has 0 bridgehead atoms. The highest BCUT2D eigenvalue weighted by atomic mass is 16.3. The van der Waals surface area contributed by atoms with Crippen molar-refractivity contribution in [3.63, 3.8) is 0 Å². The highest BCUT2D eigenvalue weighted by molar-refractivity contribution is 6.19. The van der Waals surface area contributed by atoms with Crippen molar-refractivity contribution < 1.29 is 5.11 Å². The summed E-state index contributed by atoms with van der Waals surface area (Å²) in [7, 11) is 0. The fourth-order valence-electron chi connectivity index (χ4n) is 4.28. The van der Waals surface area contributed by atoms with Gasteiger partial charge in [-0.25, -0.2) is 0 Å². The number of aromatic hydroxyl groups is 1. The van der Waals surface area contributed by atoms with Crippen LogP contribution in [-0.2, 0) is 0 Å². The van der Waals surface area contributed by atoms with Crippen LogP contribution in [0.5, 0.6) is 5.75 Å². The van der Waals surface area contributed by atoms with Gasteiger partial charge in [0.2, 0.25) is 0 Å². The molecule has 1 heterocycles. The molecule has 2 aliphatic carbocycles. The summed E-state index contributed by atoms with van der Waals surface area (Å²) in [4.78, 5) is 4.51. The smallest absolute Gasteiger partial charge is 0.125 e. The van der Waals surface area contributed by atoms with E-state index in [9.17, 15) is 15.6 Å². The van der Waals surface area contributed by atoms with Gasteiger partial charge in [0.1, 0.15) is 5.75 Å². The SMILES string of the molecule is N#C/C=C1/C(=C2c3cccnc3-c3c(O)cccc32)/C(=C/C#N)c2ccccc21. The summed E-state index contributed by atoms with van der Waals surface area (Å²) in [5.41, 5.74) is 8.14. The number of hydrogen-bond acceptors (Lipinski definition) is 4. The van der Waals surface area contributed by atoms with Gasteiger partial charge in [0.15, 0.2) is 0 Å². The molecule has 0 fully saturated rings. The van der Waals surface area contributed by atoms with Crippen LogP contribution >= 0.6 is 0 Å². The second-order valence-corrected chi connectivity index (χ2v) is 6.77. The predicted octanol–water partition coefficient (Wildman–Crippen LogP) is 5.10. The van der Waals surface area contributed by atoms with Crippen molar-refractivity contribution in [2.24, 2.45) is 0 Å². The summed E-state index contributed by atoms with van der Waals surface area (Å²) in [6.07, 6.45) is 4.75. The van der Waals surface area contributed by atoms with Gasteiger partial charge in [-0.3, -0.25) is 4.98 Å². The van der Waals surface area contributed by atoms with E-state index in [2.05, 4.69) is 17.1 Å². The van der Waals surface area contributed by atoms with Crippen LogP contribution in [0.2, 0.25) is 0 Å². The minimum absolute atomic E-state index is 0.158. The fraction of sp³-hybridized carbons (Fsp3) is 0. The fourth-order valence-corrected chi connectivity index (χ4v) is 4.28. The zero-order valence-corrected chi connectivity index (χ0v) is 15.2. The van der Waals surface area contributed by atoms with E-state index < -0.39 is 0 Å². The predicted molar refractivity (Wildman–Crippen MR) is 111 cm³/mol. The number of rotatable bonds is 0. The van der Waals surface area contributed by atoms with E-state index in [4.69, 9.17) is 0 Å². The van der Waals surface area contributed by atoms with Gasteiger partial charge in [-0.1, -0.05) is 42.5 Å². The Bertz CT molecular complexity index is 1320. The van der Waals surface area contributed by atoms with Crippen molar-refractivity contribution in [3.05, 3.63) is 101 Å². The molecule has 0 saturated heterocycles. The molecular formula is C25H13N3O. The second-order valence-electron chi connectivity index (χ2n) is 6.77. The van der Waals surface area contributed by atoms with Crippen molar-refractivity contribution in [1.29, 1.82) is 10.5 Å². The Labute approximate surface area is 167 Å². The molecule has 1 N–H and O–H groups in total. The maximum atomic E-state index is 10.6. The standard InChI is InChI=1S/C25H13N3O/c26-12-10-17-15-5-1-2-6-16(15)18(11-13-27)22(17)23-19-7-3-9-21(29)24(19)25-20(23)8-4-14-28-25/h1-11,14,29H/b17-10+,18-11+. The number of nitriles is 2. The monoisotopic (exact) mass is 371 g/mol. The average molecular weight is 371 g/mol. The number of phenolic OH excluding ortho intramolecular Hbond substituents is 1. The Hall–Kier alpha value is -4.41. The molecule has 29 heavy (non-hydrogen) atoms. The Morgan fingerprint density at radius 2 is 1.34 bits per heavy atom. The van der Waals surface area contributed by atoms with E-state index in [0.29, 0.717) is 11.3 Å². The number of aromatic nitrogens is 1. The molecule has 1 aromatic heterocycles. The lowest BCUT2D eigenvalue weighted by Crippen LogP contribution is -1.91. The number of phenols is 1. The third kappa shape index (κ3) is 2.27. The van der Waals surface area contributed by atoms with Crippen LogP contribution < -0.4 is 0 Å². The van der Waals surface area contributed by atoms with Crippen LogP contribution in [0.4, 0.5) is 0 Å². The van der Waals surface area contributed by atoms with E-state index in [-0.39, 0.29) is 5.75 Å². The van der Waals surface area contributed by atoms with Gasteiger partial charge < -0.3 is 5.11 Å². The summed E-state index contributed by atoms with van der Waals surface area (Å²) in [5, 5.41) is 29.5. The van der Waals surface area contributed by atoms with Crippen LogP contribution in [0.15, 0.2) is 78.5 Å². The zero-order valence-electron chi connectivity index (χ0n) is 15.2. The Morgan fingerprint density at radius 1 is 0.724 bits per heavy atom. The van der Waals surface area contributed by atoms with Gasteiger partial charge in [-0.2, -0.15) is 10.5 Å². The molecule has 2 aromatic carbocycles. The Kier molecular flexibility index (Phi) is 3.66. The maximum Gasteiger partial charge on any atom is 0.125 e. The molecule has 0 spiro atoms. The number of allylic oxidation sites excluding steroid dienone is 5. The molecule has 4 nitrogen and oxygen atoms in total. The number of hydrogen-bond donors (Lipinski definition) is 1. The summed E-state index contributed by atoms with van der Waals surface area (Å²) in [5.74, 6) is 0.158. The van der Waals surface area contributed by atoms with E-state index in [1.807, 2.05) is 42.5 Å². The van der Waals surface area contributed by atoms with Crippen molar-refractivity contribution >= 4 is 16.7 Å². The van der Waals surface area contributed by atoms with Crippen LogP contribution in [0.1, 0.15) is 22.3 Å². The van der Waals surface area contributed by atoms with Crippen LogP contribution in [0.25, 0.3) is 28.0 Å². The minimum atomic E-state index is 0.158. The van der Waals surface area contributed by atoms with Crippen molar-refractivity contribution in [2.45, 2.75) is 0 Å². The molecule has 4 heteroatoms. The lowest BCUT2D eigenvalue weighted by atomic mass is 9.91. The van der Waals surface area contributed by atoms with Gasteiger partial charge >= 0.3 is 0 Å². The molecule has 5 rings (SSSR count). The third-order valence-electron chi connectivity index (χ3n) is 5.34. The topological polar surface area (TPSA) is 80.7 Å². The first-order valence-corrected chi connectivity index (χ1v) is 9.08. The Balaban J connectivity index is 1.98. The molecule has 0 unspecified atom stereocenters. The summed E-state index contributed by atoms with van der Waals surface area (Å²) in [6, 6.07) is 21.3. The molecule has 0 saturated carbocycles. The lowest BCUT2D eigenvalue weighted by Gasteiger charge is -2.11. The summed E-state index contributed by atoms with van der Waals surface area (Å²) >= 11 is 0. The first-order valence-electron chi connectivity index (χ1n) is 9.08. The first kappa shape index (κ1) is 16.7. The minimum Gasteiger partial charge on any atom is -0.507 e. The maximum absolute atomic E-state index is 10.6. The molecule has 134 valence electrons. The van der Waals surface area contributed by atoms with E-state index in [1.54, 1.807) is 18.3 Å². The largest absolute Gasteiger partial charge is 0.507 e. The average Bonchev–Trinajstić information content (AvgIpc) is 3.23. The van der Waals surface area contributed by atoms with Gasteiger partial charge in [-0.05, 0) is 28.8 Å². The summed E-state index contributed by atoms with van der Waals surface area (Å²) < 4.78 is 0. The number of pyridine rings is 1. The quantitative estimate of drug-likeness (QED) is 0.436. The van der Waals surface area contributed by atoms with Gasteiger partial charge in [0, 0.05) is 46.2 Å². The molecule has 0 amide bonds. The molecule has 0 radical (unpaired) electrons. The number of benzene rings is 2. The van der Waals surface area contributed by atoms with E-state index >= 15 is 0 Å². The van der Waals surface area contributed by atoms with Gasteiger partial charge in [-0.15, -0.1) is 0 Å². The van der Waals surface area contributed by atoms with Crippen molar-refractivity contribution in [2.75, 3.05) is 0 Å². The normalized spacial score (nSPS) is 16.3. The Morgan fingerprint density at radius 3 is 2.00 bits per heavy atom. The molecule has 2 aliphatic rings. The highest BCUT2D eigenvalue weighted by Crippen LogP contribution is 2.55. The van der Waals surface area contributed by atoms with Crippen LogP contribution in [-0.4, -0.2) is 10.1 Å². The van der Waals surface area contributed by atoms with E-state index in [0.717, 1.165) is 44.5 Å². The molecular weight excluding hydrogens is 358 g/mol. The van der Waals surface area contributed by atoms with Crippen molar-refractivity contribution in [3.8, 4) is 29.1 Å². The third-order valence-corrected chi connectivity index (χ3v) is 5.34. The second kappa shape index (κ2) is 6.34. The number of nitrogens with zero attached hydrogens (tertiary/aromatic N) is 3.